The van der Waals surface area contributed by atoms with Crippen LogP contribution < -0.4 is 0 Å². The van der Waals surface area contributed by atoms with Crippen LogP contribution in [0.25, 0.3) is 10.9 Å². The molecule has 0 atom stereocenters. The molecule has 0 bridgehead atoms. The van der Waals surface area contributed by atoms with Crippen LogP contribution >= 0.6 is 23.2 Å². The highest BCUT2D eigenvalue weighted by Crippen LogP contribution is 2.22. The molecule has 1 aromatic heterocycles. The third-order valence-corrected chi connectivity index (χ3v) is 2.41. The van der Waals surface area contributed by atoms with Crippen molar-refractivity contribution in [3.8, 4) is 0 Å². The smallest absolute Gasteiger partial charge is 0.169 e. The second-order valence-corrected chi connectivity index (χ2v) is 3.65. The molecule has 0 N–H and O–H groups in total. The van der Waals surface area contributed by atoms with Gasteiger partial charge in [-0.05, 0) is 18.2 Å². The quantitative estimate of drug-likeness (QED) is 0.698. The number of carbonyl (C=O) groups excluding carboxylic acids is 1. The van der Waals surface area contributed by atoms with Crippen LogP contribution in [0.5, 0.6) is 0 Å². The van der Waals surface area contributed by atoms with Crippen molar-refractivity contribution in [1.29, 1.82) is 0 Å². The number of fused-ring (bicyclic) bond motifs is 1. The Kier molecular flexibility index (Phi) is 2.40. The summed E-state index contributed by atoms with van der Waals surface area (Å²) in [5.74, 6) is 0. The molecule has 14 heavy (non-hydrogen) atoms. The molecule has 1 heterocycles. The van der Waals surface area contributed by atoms with E-state index in [9.17, 15) is 4.79 Å². The minimum absolute atomic E-state index is 0.237. The van der Waals surface area contributed by atoms with Crippen LogP contribution in [0.4, 0.5) is 0 Å². The van der Waals surface area contributed by atoms with Gasteiger partial charge in [0.1, 0.15) is 5.69 Å². The molecule has 0 amide bonds. The van der Waals surface area contributed by atoms with Gasteiger partial charge in [0, 0.05) is 10.4 Å². The Labute approximate surface area is 90.5 Å². The Morgan fingerprint density at radius 3 is 2.71 bits per heavy atom. The fraction of sp³-hybridized carbons (Fsp3) is 0. The minimum atomic E-state index is 0.237. The average molecular weight is 226 g/mol. The molecule has 0 aliphatic rings. The second-order valence-electron chi connectivity index (χ2n) is 2.81. The van der Waals surface area contributed by atoms with E-state index < -0.39 is 0 Å². The zero-order valence-electron chi connectivity index (χ0n) is 7.00. The molecular formula is C10H5Cl2NO. The number of halogens is 2. The van der Waals surface area contributed by atoms with Gasteiger partial charge >= 0.3 is 0 Å². The van der Waals surface area contributed by atoms with Crippen molar-refractivity contribution >= 4 is 40.4 Å². The van der Waals surface area contributed by atoms with Crippen molar-refractivity contribution in [2.75, 3.05) is 0 Å². The van der Waals surface area contributed by atoms with E-state index in [1.807, 2.05) is 6.07 Å². The minimum Gasteiger partial charge on any atom is -0.296 e. The van der Waals surface area contributed by atoms with Gasteiger partial charge in [0.05, 0.1) is 10.5 Å². The highest BCUT2D eigenvalue weighted by Gasteiger charge is 2.03. The Bertz CT molecular complexity index is 511. The highest BCUT2D eigenvalue weighted by molar-refractivity contribution is 6.33. The lowest BCUT2D eigenvalue weighted by Crippen LogP contribution is -1.89. The Morgan fingerprint density at radius 1 is 1.21 bits per heavy atom. The molecule has 2 rings (SSSR count). The summed E-state index contributed by atoms with van der Waals surface area (Å²) in [5.41, 5.74) is 0.908. The predicted octanol–water partition coefficient (Wildman–Crippen LogP) is 3.35. The lowest BCUT2D eigenvalue weighted by Gasteiger charge is -2.00. The molecule has 0 spiro atoms. The average Bonchev–Trinajstić information content (AvgIpc) is 2.17. The van der Waals surface area contributed by atoms with E-state index in [1.165, 1.54) is 0 Å². The third-order valence-electron chi connectivity index (χ3n) is 1.87. The fourth-order valence-electron chi connectivity index (χ4n) is 1.21. The van der Waals surface area contributed by atoms with Crippen molar-refractivity contribution < 1.29 is 4.79 Å². The van der Waals surface area contributed by atoms with Crippen molar-refractivity contribution in [2.45, 2.75) is 0 Å². The summed E-state index contributed by atoms with van der Waals surface area (Å²) in [4.78, 5) is 14.6. The summed E-state index contributed by atoms with van der Waals surface area (Å²) in [6.07, 6.45) is 0.628. The van der Waals surface area contributed by atoms with Gasteiger partial charge in [0.25, 0.3) is 0 Å². The first-order chi connectivity index (χ1) is 6.70. The number of pyridine rings is 1. The van der Waals surface area contributed by atoms with Crippen LogP contribution in [0.2, 0.25) is 10.0 Å². The first kappa shape index (κ1) is 9.44. The van der Waals surface area contributed by atoms with Crippen LogP contribution in [0, 0.1) is 0 Å². The zero-order valence-corrected chi connectivity index (χ0v) is 8.51. The maximum Gasteiger partial charge on any atom is 0.169 e. The molecule has 2 aromatic rings. The van der Waals surface area contributed by atoms with E-state index in [-0.39, 0.29) is 5.69 Å². The van der Waals surface area contributed by atoms with E-state index in [0.717, 1.165) is 5.39 Å². The molecule has 0 fully saturated rings. The van der Waals surface area contributed by atoms with Crippen LogP contribution in [0.1, 0.15) is 10.5 Å². The molecule has 4 heteroatoms. The molecule has 1 aromatic carbocycles. The van der Waals surface area contributed by atoms with Crippen LogP contribution in [0.3, 0.4) is 0 Å². The Hall–Kier alpha value is -1.12. The summed E-state index contributed by atoms with van der Waals surface area (Å²) >= 11 is 11.6. The summed E-state index contributed by atoms with van der Waals surface area (Å²) in [6, 6.07) is 6.96. The van der Waals surface area contributed by atoms with E-state index in [2.05, 4.69) is 4.98 Å². The SMILES string of the molecule is O=Cc1nc2cc(Cl)ccc2cc1Cl. The number of rotatable bonds is 1. The lowest BCUT2D eigenvalue weighted by molar-refractivity contribution is 0.111. The topological polar surface area (TPSA) is 30.0 Å². The third kappa shape index (κ3) is 1.59. The van der Waals surface area contributed by atoms with Crippen LogP contribution in [-0.2, 0) is 0 Å². The molecule has 0 saturated carbocycles. The molecule has 2 nitrogen and oxygen atoms in total. The second kappa shape index (κ2) is 3.56. The monoisotopic (exact) mass is 225 g/mol. The van der Waals surface area contributed by atoms with Gasteiger partial charge in [-0.1, -0.05) is 29.3 Å². The molecule has 0 unspecified atom stereocenters. The number of hydrogen-bond donors (Lipinski definition) is 0. The van der Waals surface area contributed by atoms with Gasteiger partial charge in [-0.25, -0.2) is 4.98 Å². The number of hydrogen-bond acceptors (Lipinski definition) is 2. The molecule has 70 valence electrons. The van der Waals surface area contributed by atoms with E-state index in [1.54, 1.807) is 18.2 Å². The predicted molar refractivity (Wildman–Crippen MR) is 57.2 cm³/mol. The molecule has 0 aliphatic carbocycles. The fourth-order valence-corrected chi connectivity index (χ4v) is 1.58. The first-order valence-electron chi connectivity index (χ1n) is 3.91. The van der Waals surface area contributed by atoms with Crippen molar-refractivity contribution in [2.24, 2.45) is 0 Å². The Balaban J connectivity index is 2.79. The Morgan fingerprint density at radius 2 is 2.00 bits per heavy atom. The van der Waals surface area contributed by atoms with E-state index >= 15 is 0 Å². The zero-order chi connectivity index (χ0) is 10.1. The van der Waals surface area contributed by atoms with Crippen LogP contribution in [0.15, 0.2) is 24.3 Å². The summed E-state index contributed by atoms with van der Waals surface area (Å²) in [5, 5.41) is 1.81. The summed E-state index contributed by atoms with van der Waals surface area (Å²) in [6.45, 7) is 0. The maximum absolute atomic E-state index is 10.6. The normalized spacial score (nSPS) is 10.4. The van der Waals surface area contributed by atoms with Crippen molar-refractivity contribution in [1.82, 2.24) is 4.98 Å². The first-order valence-corrected chi connectivity index (χ1v) is 4.67. The number of nitrogens with zero attached hydrogens (tertiary/aromatic N) is 1. The van der Waals surface area contributed by atoms with Gasteiger partial charge in [-0.15, -0.1) is 0 Å². The molecule has 0 saturated heterocycles. The van der Waals surface area contributed by atoms with Crippen LogP contribution in [-0.4, -0.2) is 11.3 Å². The maximum atomic E-state index is 10.6. The number of aldehydes is 1. The largest absolute Gasteiger partial charge is 0.296 e. The summed E-state index contributed by atoms with van der Waals surface area (Å²) in [7, 11) is 0. The number of carbonyl (C=O) groups is 1. The van der Waals surface area contributed by atoms with Gasteiger partial charge in [0.2, 0.25) is 0 Å². The lowest BCUT2D eigenvalue weighted by atomic mass is 10.2. The molecular weight excluding hydrogens is 221 g/mol. The number of benzene rings is 1. The molecule has 0 radical (unpaired) electrons. The van der Waals surface area contributed by atoms with Crippen molar-refractivity contribution in [3.05, 3.63) is 40.0 Å². The van der Waals surface area contributed by atoms with Gasteiger partial charge < -0.3 is 0 Å². The standard InChI is InChI=1S/C10H5Cl2NO/c11-7-2-1-6-3-8(12)10(5-14)13-9(6)4-7/h1-5H. The van der Waals surface area contributed by atoms with E-state index in [4.69, 9.17) is 23.2 Å². The van der Waals surface area contributed by atoms with E-state index in [0.29, 0.717) is 21.8 Å². The van der Waals surface area contributed by atoms with Gasteiger partial charge in [-0.3, -0.25) is 4.79 Å². The van der Waals surface area contributed by atoms with Crippen molar-refractivity contribution in [3.63, 3.8) is 0 Å². The summed E-state index contributed by atoms with van der Waals surface area (Å²) < 4.78 is 0. The highest BCUT2D eigenvalue weighted by atomic mass is 35.5. The number of aromatic nitrogens is 1. The van der Waals surface area contributed by atoms with Gasteiger partial charge in [0.15, 0.2) is 6.29 Å². The molecule has 0 aliphatic heterocycles. The van der Waals surface area contributed by atoms with Gasteiger partial charge in [-0.2, -0.15) is 0 Å².